The molecule has 0 aliphatic heterocycles. The molecule has 170 valence electrons. The van der Waals surface area contributed by atoms with Crippen LogP contribution in [0.5, 0.6) is 5.88 Å². The molecule has 1 aromatic rings. The molecule has 1 saturated carbocycles. The van der Waals surface area contributed by atoms with Crippen LogP contribution in [-0.4, -0.2) is 55.5 Å². The average Bonchev–Trinajstić information content (AvgIpc) is 3.20. The summed E-state index contributed by atoms with van der Waals surface area (Å²) >= 11 is 0. The topological polar surface area (TPSA) is 78.9 Å². The number of unbranched alkanes of at least 4 members (excludes halogenated alkanes) is 1. The third-order valence-electron chi connectivity index (χ3n) is 5.35. The first kappa shape index (κ1) is 26.5. The number of aromatic nitrogens is 1. The van der Waals surface area contributed by atoms with Crippen LogP contribution >= 0.6 is 24.0 Å². The zero-order valence-electron chi connectivity index (χ0n) is 18.9. The summed E-state index contributed by atoms with van der Waals surface area (Å²) in [5.74, 6) is 1.57. The largest absolute Gasteiger partial charge is 0.477 e. The van der Waals surface area contributed by atoms with Gasteiger partial charge in [-0.15, -0.1) is 24.0 Å². The fourth-order valence-corrected chi connectivity index (χ4v) is 3.74. The number of carbonyl (C=O) groups excluding carboxylic acids is 1. The Hall–Kier alpha value is -1.58. The average molecular weight is 531 g/mol. The van der Waals surface area contributed by atoms with E-state index in [9.17, 15) is 4.79 Å². The highest BCUT2D eigenvalue weighted by Gasteiger charge is 2.42. The molecule has 2 rings (SSSR count). The van der Waals surface area contributed by atoms with E-state index in [1.54, 1.807) is 11.1 Å². The molecular weight excluding hydrogens is 493 g/mol. The minimum absolute atomic E-state index is 0. The van der Waals surface area contributed by atoms with E-state index in [0.717, 1.165) is 50.6 Å². The van der Waals surface area contributed by atoms with Gasteiger partial charge in [-0.2, -0.15) is 0 Å². The molecule has 0 bridgehead atoms. The number of rotatable bonds is 10. The van der Waals surface area contributed by atoms with E-state index in [2.05, 4.69) is 22.5 Å². The second-order valence-electron chi connectivity index (χ2n) is 7.91. The summed E-state index contributed by atoms with van der Waals surface area (Å²) in [6.45, 7) is 6.67. The Morgan fingerprint density at radius 2 is 2.00 bits per heavy atom. The maximum atomic E-state index is 12.8. The molecule has 0 aromatic carbocycles. The van der Waals surface area contributed by atoms with Crippen molar-refractivity contribution in [3.8, 4) is 5.88 Å². The van der Waals surface area contributed by atoms with E-state index in [-0.39, 0.29) is 35.3 Å². The molecule has 0 atom stereocenters. The number of carbonyl (C=O) groups is 1. The summed E-state index contributed by atoms with van der Waals surface area (Å²) in [7, 11) is 3.67. The molecular formula is C22H38IN5O2. The van der Waals surface area contributed by atoms with Crippen molar-refractivity contribution in [1.82, 2.24) is 20.5 Å². The summed E-state index contributed by atoms with van der Waals surface area (Å²) in [6.07, 6.45) is 7.89. The number of nitrogens with zero attached hydrogens (tertiary/aromatic N) is 3. The highest BCUT2D eigenvalue weighted by atomic mass is 127. The maximum absolute atomic E-state index is 12.8. The van der Waals surface area contributed by atoms with Gasteiger partial charge in [0.25, 0.3) is 0 Å². The first-order valence-electron chi connectivity index (χ1n) is 10.8. The zero-order chi connectivity index (χ0) is 21.1. The van der Waals surface area contributed by atoms with Crippen LogP contribution in [0.2, 0.25) is 0 Å². The van der Waals surface area contributed by atoms with E-state index in [0.29, 0.717) is 31.5 Å². The number of amides is 1. The van der Waals surface area contributed by atoms with Crippen molar-refractivity contribution < 1.29 is 9.53 Å². The first-order chi connectivity index (χ1) is 14.0. The van der Waals surface area contributed by atoms with E-state index in [4.69, 9.17) is 9.73 Å². The predicted octanol–water partition coefficient (Wildman–Crippen LogP) is 3.58. The Labute approximate surface area is 198 Å². The normalized spacial score (nSPS) is 15.3. The Balaban J connectivity index is 0.00000450. The number of pyridine rings is 1. The number of nitrogens with one attached hydrogen (secondary N) is 2. The van der Waals surface area contributed by atoms with Gasteiger partial charge < -0.3 is 20.3 Å². The van der Waals surface area contributed by atoms with Gasteiger partial charge in [0, 0.05) is 38.9 Å². The van der Waals surface area contributed by atoms with Crippen molar-refractivity contribution in [3.63, 3.8) is 0 Å². The zero-order valence-corrected chi connectivity index (χ0v) is 21.2. The summed E-state index contributed by atoms with van der Waals surface area (Å²) < 4.78 is 5.81. The van der Waals surface area contributed by atoms with Gasteiger partial charge in [-0.1, -0.05) is 32.3 Å². The first-order valence-corrected chi connectivity index (χ1v) is 10.8. The quantitative estimate of drug-likeness (QED) is 0.209. The van der Waals surface area contributed by atoms with Gasteiger partial charge in [0.2, 0.25) is 11.8 Å². The predicted molar refractivity (Wildman–Crippen MR) is 132 cm³/mol. The Morgan fingerprint density at radius 1 is 1.27 bits per heavy atom. The number of ether oxygens (including phenoxy) is 1. The van der Waals surface area contributed by atoms with Crippen LogP contribution in [-0.2, 0) is 11.3 Å². The van der Waals surface area contributed by atoms with Crippen LogP contribution in [0.3, 0.4) is 0 Å². The summed E-state index contributed by atoms with van der Waals surface area (Å²) in [5, 5.41) is 6.70. The van der Waals surface area contributed by atoms with Crippen molar-refractivity contribution >= 4 is 35.8 Å². The third-order valence-corrected chi connectivity index (χ3v) is 5.35. The number of hydrogen-bond donors (Lipinski definition) is 2. The smallest absolute Gasteiger partial charge is 0.230 e. The second-order valence-corrected chi connectivity index (χ2v) is 7.91. The molecule has 2 N–H and O–H groups in total. The van der Waals surface area contributed by atoms with Crippen molar-refractivity contribution in [2.75, 3.05) is 33.8 Å². The lowest BCUT2D eigenvalue weighted by atomic mass is 9.84. The van der Waals surface area contributed by atoms with Gasteiger partial charge in [-0.05, 0) is 32.3 Å². The van der Waals surface area contributed by atoms with Crippen molar-refractivity contribution in [2.45, 2.75) is 58.9 Å². The SMILES string of the molecule is CCCCOc1ncccc1CN=C(NCC)NCC1(C(=O)N(C)C)CCCC1.I. The van der Waals surface area contributed by atoms with Crippen LogP contribution in [0.4, 0.5) is 0 Å². The Kier molecular flexibility index (Phi) is 12.1. The Bertz CT molecular complexity index is 675. The van der Waals surface area contributed by atoms with Gasteiger partial charge in [-0.25, -0.2) is 9.98 Å². The monoisotopic (exact) mass is 531 g/mol. The number of hydrogen-bond acceptors (Lipinski definition) is 4. The Morgan fingerprint density at radius 3 is 2.63 bits per heavy atom. The van der Waals surface area contributed by atoms with Gasteiger partial charge in [0.15, 0.2) is 5.96 Å². The molecule has 0 spiro atoms. The number of guanidine groups is 1. The highest BCUT2D eigenvalue weighted by molar-refractivity contribution is 14.0. The summed E-state index contributed by atoms with van der Waals surface area (Å²) in [6, 6.07) is 3.90. The molecule has 1 fully saturated rings. The van der Waals surface area contributed by atoms with Gasteiger partial charge in [-0.3, -0.25) is 4.79 Å². The maximum Gasteiger partial charge on any atom is 0.230 e. The fraction of sp³-hybridized carbons (Fsp3) is 0.682. The van der Waals surface area contributed by atoms with Crippen LogP contribution in [0.25, 0.3) is 0 Å². The van der Waals surface area contributed by atoms with Gasteiger partial charge in [0.1, 0.15) is 0 Å². The molecule has 0 saturated heterocycles. The third kappa shape index (κ3) is 7.59. The molecule has 1 aliphatic carbocycles. The van der Waals surface area contributed by atoms with Crippen LogP contribution < -0.4 is 15.4 Å². The van der Waals surface area contributed by atoms with Gasteiger partial charge in [0.05, 0.1) is 18.6 Å². The molecule has 8 heteroatoms. The second kappa shape index (κ2) is 13.7. The van der Waals surface area contributed by atoms with Gasteiger partial charge >= 0.3 is 0 Å². The molecule has 1 amide bonds. The standard InChI is InChI=1S/C22H37N5O2.HI/c1-5-7-15-29-19-18(11-10-14-24-19)16-25-21(23-6-2)26-17-22(12-8-9-13-22)20(28)27(3)4;/h10-11,14H,5-9,12-13,15-17H2,1-4H3,(H2,23,25,26);1H. The summed E-state index contributed by atoms with van der Waals surface area (Å²) in [5.41, 5.74) is 0.628. The van der Waals surface area contributed by atoms with E-state index in [1.807, 2.05) is 33.2 Å². The lowest BCUT2D eigenvalue weighted by Crippen LogP contribution is -2.49. The number of halogens is 1. The van der Waals surface area contributed by atoms with E-state index >= 15 is 0 Å². The van der Waals surface area contributed by atoms with Crippen molar-refractivity contribution in [2.24, 2.45) is 10.4 Å². The van der Waals surface area contributed by atoms with Crippen LogP contribution in [0.1, 0.15) is 57.9 Å². The minimum atomic E-state index is -0.331. The molecule has 30 heavy (non-hydrogen) atoms. The molecule has 1 aliphatic rings. The van der Waals surface area contributed by atoms with Crippen LogP contribution in [0.15, 0.2) is 23.3 Å². The fourth-order valence-electron chi connectivity index (χ4n) is 3.74. The lowest BCUT2D eigenvalue weighted by molar-refractivity contribution is -0.138. The van der Waals surface area contributed by atoms with Crippen molar-refractivity contribution in [3.05, 3.63) is 23.9 Å². The lowest BCUT2D eigenvalue weighted by Gasteiger charge is -2.31. The number of aliphatic imine (C=N–C) groups is 1. The molecule has 1 aromatic heterocycles. The van der Waals surface area contributed by atoms with E-state index < -0.39 is 0 Å². The van der Waals surface area contributed by atoms with Crippen LogP contribution in [0, 0.1) is 5.41 Å². The minimum Gasteiger partial charge on any atom is -0.477 e. The summed E-state index contributed by atoms with van der Waals surface area (Å²) in [4.78, 5) is 23.6. The molecule has 7 nitrogen and oxygen atoms in total. The van der Waals surface area contributed by atoms with E-state index in [1.165, 1.54) is 0 Å². The molecule has 0 radical (unpaired) electrons. The highest BCUT2D eigenvalue weighted by Crippen LogP contribution is 2.38. The van der Waals surface area contributed by atoms with Crippen molar-refractivity contribution in [1.29, 1.82) is 0 Å². The molecule has 1 heterocycles. The molecule has 0 unspecified atom stereocenters.